The molecule has 2 amide bonds. The number of amides is 2. The lowest BCUT2D eigenvalue weighted by Gasteiger charge is -2.35. The fourth-order valence-corrected chi connectivity index (χ4v) is 5.60. The van der Waals surface area contributed by atoms with Crippen molar-refractivity contribution in [1.82, 2.24) is 10.2 Å². The number of carbonyl (C=O) groups excluding carboxylic acids is 2. The molecule has 0 radical (unpaired) electrons. The summed E-state index contributed by atoms with van der Waals surface area (Å²) >= 11 is 12.4. The second-order valence-corrected chi connectivity index (χ2v) is 13.9. The summed E-state index contributed by atoms with van der Waals surface area (Å²) in [7, 11) is -2.52. The molecule has 11 heteroatoms. The van der Waals surface area contributed by atoms with Gasteiger partial charge in [-0.1, -0.05) is 65.7 Å². The minimum absolute atomic E-state index is 0.0205. The highest BCUT2D eigenvalue weighted by molar-refractivity contribution is 7.92. The monoisotopic (exact) mass is 633 g/mol. The van der Waals surface area contributed by atoms with E-state index in [4.69, 9.17) is 27.9 Å². The Morgan fingerprint density at radius 1 is 0.952 bits per heavy atom. The number of ether oxygens (including phenoxy) is 1. The van der Waals surface area contributed by atoms with Crippen molar-refractivity contribution < 1.29 is 22.7 Å². The topological polar surface area (TPSA) is 96.0 Å². The van der Waals surface area contributed by atoms with Gasteiger partial charge in [0.25, 0.3) is 0 Å². The van der Waals surface area contributed by atoms with Crippen molar-refractivity contribution in [2.24, 2.45) is 0 Å². The molecule has 0 bridgehead atoms. The molecule has 3 aromatic carbocycles. The fraction of sp³-hybridized carbons (Fsp3) is 0.355. The Morgan fingerprint density at radius 3 is 2.19 bits per heavy atom. The Balaban J connectivity index is 2.14. The number of nitrogens with one attached hydrogen (secondary N) is 1. The van der Waals surface area contributed by atoms with Crippen molar-refractivity contribution in [1.29, 1.82) is 0 Å². The van der Waals surface area contributed by atoms with Crippen molar-refractivity contribution in [2.45, 2.75) is 52.2 Å². The van der Waals surface area contributed by atoms with Gasteiger partial charge in [0.05, 0.1) is 29.1 Å². The van der Waals surface area contributed by atoms with Gasteiger partial charge in [-0.05, 0) is 68.7 Å². The molecule has 0 aliphatic rings. The number of benzene rings is 3. The maximum absolute atomic E-state index is 14.3. The molecule has 8 nitrogen and oxygen atoms in total. The van der Waals surface area contributed by atoms with Crippen LogP contribution in [-0.4, -0.2) is 56.6 Å². The molecule has 0 spiro atoms. The first-order valence-electron chi connectivity index (χ1n) is 13.3. The normalized spacial score (nSPS) is 12.4. The molecule has 226 valence electrons. The van der Waals surface area contributed by atoms with Crippen LogP contribution in [0.1, 0.15) is 37.5 Å². The molecule has 3 rings (SSSR count). The van der Waals surface area contributed by atoms with Gasteiger partial charge in [0.2, 0.25) is 21.8 Å². The van der Waals surface area contributed by atoms with Crippen molar-refractivity contribution >= 4 is 50.7 Å². The molecule has 0 fully saturated rings. The molecule has 0 aromatic heterocycles. The van der Waals surface area contributed by atoms with Crippen LogP contribution in [-0.2, 0) is 32.6 Å². The lowest BCUT2D eigenvalue weighted by molar-refractivity contribution is -0.140. The lowest BCUT2D eigenvalue weighted by atomic mass is 10.0. The Kier molecular flexibility index (Phi) is 10.9. The number of methoxy groups -OCH3 is 1. The van der Waals surface area contributed by atoms with E-state index in [1.165, 1.54) is 12.0 Å². The Bertz CT molecular complexity index is 1530. The van der Waals surface area contributed by atoms with Crippen molar-refractivity contribution in [3.8, 4) is 5.75 Å². The summed E-state index contributed by atoms with van der Waals surface area (Å²) < 4.78 is 32.6. The van der Waals surface area contributed by atoms with Crippen LogP contribution in [0.3, 0.4) is 0 Å². The molecule has 0 unspecified atom stereocenters. The third-order valence-corrected chi connectivity index (χ3v) is 8.25. The number of hydrogen-bond acceptors (Lipinski definition) is 5. The summed E-state index contributed by atoms with van der Waals surface area (Å²) in [5, 5.41) is 3.63. The van der Waals surface area contributed by atoms with E-state index in [1.807, 2.05) is 58.0 Å². The Morgan fingerprint density at radius 2 is 1.62 bits per heavy atom. The van der Waals surface area contributed by atoms with Gasteiger partial charge in [0, 0.05) is 18.5 Å². The molecule has 0 saturated carbocycles. The zero-order valence-electron chi connectivity index (χ0n) is 24.6. The number of sulfonamides is 1. The molecule has 3 aromatic rings. The van der Waals surface area contributed by atoms with E-state index >= 15 is 0 Å². The standard InChI is InChI=1S/C31H37Cl2N3O5S/c1-21-12-15-28(41-5)26(16-21)36(42(6,39)40)20-29(37)35(19-23-13-14-24(32)25(33)17-23)27(30(38)34-31(2,3)4)18-22-10-8-7-9-11-22/h7-17,27H,18-20H2,1-6H3,(H,34,38)/t27-/m1/s1. The quantitative estimate of drug-likeness (QED) is 0.295. The number of rotatable bonds is 11. The van der Waals surface area contributed by atoms with Crippen LogP contribution in [0.5, 0.6) is 5.75 Å². The number of carbonyl (C=O) groups is 2. The van der Waals surface area contributed by atoms with Gasteiger partial charge in [-0.2, -0.15) is 0 Å². The summed E-state index contributed by atoms with van der Waals surface area (Å²) in [6.45, 7) is 6.79. The highest BCUT2D eigenvalue weighted by Crippen LogP contribution is 2.31. The van der Waals surface area contributed by atoms with E-state index in [9.17, 15) is 18.0 Å². The average molecular weight is 635 g/mol. The van der Waals surface area contributed by atoms with Gasteiger partial charge in [0.1, 0.15) is 18.3 Å². The third kappa shape index (κ3) is 9.11. The molecular formula is C31H37Cl2N3O5S. The highest BCUT2D eigenvalue weighted by Gasteiger charge is 2.35. The zero-order chi connectivity index (χ0) is 31.2. The predicted molar refractivity (Wildman–Crippen MR) is 169 cm³/mol. The lowest BCUT2D eigenvalue weighted by Crippen LogP contribution is -2.56. The fourth-order valence-electron chi connectivity index (χ4n) is 4.43. The summed E-state index contributed by atoms with van der Waals surface area (Å²) in [4.78, 5) is 29.5. The Hall–Kier alpha value is -3.27. The SMILES string of the molecule is COc1ccc(C)cc1N(CC(=O)N(Cc1ccc(Cl)c(Cl)c1)[C@H](Cc1ccccc1)C(=O)NC(C)(C)C)S(C)(=O)=O. The minimum atomic E-state index is -3.95. The second kappa shape index (κ2) is 13.8. The molecule has 1 N–H and O–H groups in total. The molecular weight excluding hydrogens is 597 g/mol. The maximum Gasteiger partial charge on any atom is 0.244 e. The van der Waals surface area contributed by atoms with Crippen molar-refractivity contribution in [3.63, 3.8) is 0 Å². The first-order valence-corrected chi connectivity index (χ1v) is 15.9. The molecule has 1 atom stereocenters. The van der Waals surface area contributed by atoms with E-state index in [2.05, 4.69) is 5.32 Å². The van der Waals surface area contributed by atoms with Gasteiger partial charge in [0.15, 0.2) is 0 Å². The number of halogens is 2. The zero-order valence-corrected chi connectivity index (χ0v) is 27.0. The second-order valence-electron chi connectivity index (χ2n) is 11.2. The van der Waals surface area contributed by atoms with Gasteiger partial charge in [-0.15, -0.1) is 0 Å². The largest absolute Gasteiger partial charge is 0.495 e. The van der Waals surface area contributed by atoms with E-state index < -0.39 is 34.1 Å². The maximum atomic E-state index is 14.3. The van der Waals surface area contributed by atoms with Gasteiger partial charge in [-0.25, -0.2) is 8.42 Å². The third-order valence-electron chi connectivity index (χ3n) is 6.39. The van der Waals surface area contributed by atoms with E-state index in [-0.39, 0.29) is 24.6 Å². The van der Waals surface area contributed by atoms with Crippen LogP contribution in [0.2, 0.25) is 10.0 Å². The van der Waals surface area contributed by atoms with Crippen molar-refractivity contribution in [2.75, 3.05) is 24.2 Å². The van der Waals surface area contributed by atoms with Crippen LogP contribution in [0.15, 0.2) is 66.7 Å². The highest BCUT2D eigenvalue weighted by atomic mass is 35.5. The summed E-state index contributed by atoms with van der Waals surface area (Å²) in [5.41, 5.74) is 1.88. The average Bonchev–Trinajstić information content (AvgIpc) is 2.90. The smallest absolute Gasteiger partial charge is 0.244 e. The molecule has 0 aliphatic heterocycles. The number of aryl methyl sites for hydroxylation is 1. The van der Waals surface area contributed by atoms with Gasteiger partial charge >= 0.3 is 0 Å². The van der Waals surface area contributed by atoms with Crippen LogP contribution < -0.4 is 14.4 Å². The van der Waals surface area contributed by atoms with Crippen LogP contribution in [0.4, 0.5) is 5.69 Å². The van der Waals surface area contributed by atoms with Gasteiger partial charge < -0.3 is 15.0 Å². The number of hydrogen-bond donors (Lipinski definition) is 1. The number of anilines is 1. The van der Waals surface area contributed by atoms with Crippen LogP contribution in [0, 0.1) is 6.92 Å². The summed E-state index contributed by atoms with van der Waals surface area (Å²) in [5.74, 6) is -0.667. The molecule has 0 aliphatic carbocycles. The van der Waals surface area contributed by atoms with E-state index in [0.717, 1.165) is 21.7 Å². The van der Waals surface area contributed by atoms with E-state index in [0.29, 0.717) is 21.4 Å². The van der Waals surface area contributed by atoms with Gasteiger partial charge in [-0.3, -0.25) is 13.9 Å². The summed E-state index contributed by atoms with van der Waals surface area (Å²) in [6, 6.07) is 18.4. The predicted octanol–water partition coefficient (Wildman–Crippen LogP) is 5.63. The van der Waals surface area contributed by atoms with E-state index in [1.54, 1.807) is 36.4 Å². The first kappa shape index (κ1) is 33.2. The Labute approximate surface area is 258 Å². The number of nitrogens with zero attached hydrogens (tertiary/aromatic N) is 2. The van der Waals surface area contributed by atoms with Crippen LogP contribution >= 0.6 is 23.2 Å². The van der Waals surface area contributed by atoms with Crippen molar-refractivity contribution in [3.05, 3.63) is 93.5 Å². The summed E-state index contributed by atoms with van der Waals surface area (Å²) in [6.07, 6.45) is 1.22. The first-order chi connectivity index (χ1) is 19.6. The molecule has 42 heavy (non-hydrogen) atoms. The van der Waals surface area contributed by atoms with Crippen LogP contribution in [0.25, 0.3) is 0 Å². The molecule has 0 saturated heterocycles. The minimum Gasteiger partial charge on any atom is -0.495 e. The molecule has 0 heterocycles.